The van der Waals surface area contributed by atoms with Crippen LogP contribution in [0.5, 0.6) is 0 Å². The van der Waals surface area contributed by atoms with Gasteiger partial charge in [-0.25, -0.2) is 0 Å². The highest BCUT2D eigenvalue weighted by molar-refractivity contribution is 7.98. The quantitative estimate of drug-likeness (QED) is 0.319. The lowest BCUT2D eigenvalue weighted by molar-refractivity contribution is -0.132. The zero-order valence-electron chi connectivity index (χ0n) is 17.6. The molecule has 7 nitrogen and oxygen atoms in total. The number of nitrogens with one attached hydrogen (secondary N) is 3. The summed E-state index contributed by atoms with van der Waals surface area (Å²) < 4.78 is 0. The zero-order valence-corrected chi connectivity index (χ0v) is 19.2. The Morgan fingerprint density at radius 2 is 1.39 bits per heavy atom. The van der Waals surface area contributed by atoms with E-state index in [0.29, 0.717) is 37.8 Å². The van der Waals surface area contributed by atoms with Gasteiger partial charge in [-0.05, 0) is 49.2 Å². The molecule has 162 valence electrons. The summed E-state index contributed by atoms with van der Waals surface area (Å²) in [7, 11) is 0. The van der Waals surface area contributed by atoms with Crippen LogP contribution in [-0.2, 0) is 19.2 Å². The second-order valence-electron chi connectivity index (χ2n) is 6.97. The molecule has 0 aliphatic rings. The summed E-state index contributed by atoms with van der Waals surface area (Å²) in [6, 6.07) is -1.98. The largest absolute Gasteiger partial charge is 0.347 e. The van der Waals surface area contributed by atoms with Crippen molar-refractivity contribution in [3.63, 3.8) is 0 Å². The smallest absolute Gasteiger partial charge is 0.243 e. The van der Waals surface area contributed by atoms with Crippen LogP contribution < -0.4 is 16.0 Å². The summed E-state index contributed by atoms with van der Waals surface area (Å²) in [5, 5.41) is 8.10. The fourth-order valence-corrected chi connectivity index (χ4v) is 3.59. The maximum Gasteiger partial charge on any atom is 0.243 e. The summed E-state index contributed by atoms with van der Waals surface area (Å²) in [5.74, 6) is 0.887. The third kappa shape index (κ3) is 10.9. The van der Waals surface area contributed by atoms with Gasteiger partial charge >= 0.3 is 0 Å². The van der Waals surface area contributed by atoms with Gasteiger partial charge in [0.25, 0.3) is 0 Å². The molecule has 0 spiro atoms. The molecule has 28 heavy (non-hydrogen) atoms. The van der Waals surface area contributed by atoms with E-state index in [-0.39, 0.29) is 23.5 Å². The minimum atomic E-state index is -0.751. The average molecular weight is 434 g/mol. The lowest BCUT2D eigenvalue weighted by atomic mass is 10.0. The molecule has 0 heterocycles. The van der Waals surface area contributed by atoms with E-state index in [1.165, 1.54) is 0 Å². The molecule has 0 aliphatic carbocycles. The van der Waals surface area contributed by atoms with Gasteiger partial charge in [-0.3, -0.25) is 19.2 Å². The molecule has 3 amide bonds. The maximum atomic E-state index is 12.8. The molecule has 0 saturated heterocycles. The highest BCUT2D eigenvalue weighted by Gasteiger charge is 2.28. The third-order valence-electron chi connectivity index (χ3n) is 4.20. The molecule has 0 bridgehead atoms. The van der Waals surface area contributed by atoms with Crippen LogP contribution in [0.25, 0.3) is 0 Å². The molecule has 3 N–H and O–H groups in total. The Morgan fingerprint density at radius 1 is 0.893 bits per heavy atom. The summed E-state index contributed by atoms with van der Waals surface area (Å²) in [6.45, 7) is 5.70. The van der Waals surface area contributed by atoms with Crippen LogP contribution >= 0.6 is 23.5 Å². The average Bonchev–Trinajstić information content (AvgIpc) is 2.66. The van der Waals surface area contributed by atoms with Gasteiger partial charge in [0.2, 0.25) is 18.2 Å². The third-order valence-corrected chi connectivity index (χ3v) is 5.49. The number of carbonyl (C=O) groups excluding carboxylic acids is 4. The van der Waals surface area contributed by atoms with Gasteiger partial charge in [-0.2, -0.15) is 23.5 Å². The van der Waals surface area contributed by atoms with Gasteiger partial charge in [0.15, 0.2) is 5.78 Å². The number of hydrogen-bond donors (Lipinski definition) is 3. The van der Waals surface area contributed by atoms with Crippen LogP contribution in [0.4, 0.5) is 0 Å². The van der Waals surface area contributed by atoms with Crippen molar-refractivity contribution in [2.45, 2.75) is 64.6 Å². The topological polar surface area (TPSA) is 104 Å². The number of thioether (sulfide) groups is 2. The van der Waals surface area contributed by atoms with Crippen LogP contribution in [0.1, 0.15) is 46.5 Å². The molecular weight excluding hydrogens is 398 g/mol. The normalized spacial score (nSPS) is 14.1. The minimum Gasteiger partial charge on any atom is -0.347 e. The van der Waals surface area contributed by atoms with Gasteiger partial charge in [-0.1, -0.05) is 20.8 Å². The van der Waals surface area contributed by atoms with Crippen molar-refractivity contribution < 1.29 is 19.2 Å². The monoisotopic (exact) mass is 433 g/mol. The first-order valence-corrected chi connectivity index (χ1v) is 12.4. The minimum absolute atomic E-state index is 0.0162. The van der Waals surface area contributed by atoms with Crippen molar-refractivity contribution in [2.75, 3.05) is 24.0 Å². The lowest BCUT2D eigenvalue weighted by Crippen LogP contribution is -2.55. The second-order valence-corrected chi connectivity index (χ2v) is 8.94. The summed E-state index contributed by atoms with van der Waals surface area (Å²) >= 11 is 3.19. The van der Waals surface area contributed by atoms with E-state index >= 15 is 0 Å². The fourth-order valence-electron chi connectivity index (χ4n) is 2.65. The van der Waals surface area contributed by atoms with Gasteiger partial charge in [0.1, 0.15) is 12.1 Å². The molecule has 0 aromatic carbocycles. The van der Waals surface area contributed by atoms with E-state index in [1.807, 2.05) is 26.4 Å². The number of Topliss-reactive ketones (excluding diaryl/α,β-unsaturated/α-hetero) is 1. The van der Waals surface area contributed by atoms with E-state index in [0.717, 1.165) is 5.75 Å². The van der Waals surface area contributed by atoms with Crippen LogP contribution in [0.2, 0.25) is 0 Å². The molecule has 0 aromatic heterocycles. The van der Waals surface area contributed by atoms with Gasteiger partial charge in [0, 0.05) is 6.42 Å². The van der Waals surface area contributed by atoms with Gasteiger partial charge < -0.3 is 16.0 Å². The Labute approximate surface area is 177 Å². The number of rotatable bonds is 16. The second kappa shape index (κ2) is 15.7. The Kier molecular flexibility index (Phi) is 15.0. The molecule has 0 rings (SSSR count). The standard InChI is InChI=1S/C19H35N3O4S2/c1-6-17(24)14(7-9-27-4)21-19(26)16(11-13(2)3)22-18(25)15(20-12-23)8-10-28-5/h12-16H,6-11H2,1-5H3,(H,20,23)(H,21,26)(H,22,25). The number of ketones is 1. The van der Waals surface area contributed by atoms with E-state index in [2.05, 4.69) is 16.0 Å². The molecular formula is C19H35N3O4S2. The predicted octanol–water partition coefficient (Wildman–Crippen LogP) is 1.60. The highest BCUT2D eigenvalue weighted by Crippen LogP contribution is 2.09. The molecule has 0 radical (unpaired) electrons. The van der Waals surface area contributed by atoms with Crippen LogP contribution in [0.3, 0.4) is 0 Å². The molecule has 9 heteroatoms. The zero-order chi connectivity index (χ0) is 21.5. The Balaban J connectivity index is 5.19. The first-order valence-electron chi connectivity index (χ1n) is 9.61. The van der Waals surface area contributed by atoms with Gasteiger partial charge in [0.05, 0.1) is 6.04 Å². The van der Waals surface area contributed by atoms with Gasteiger partial charge in [-0.15, -0.1) is 0 Å². The summed E-state index contributed by atoms with van der Waals surface area (Å²) in [5.41, 5.74) is 0. The highest BCUT2D eigenvalue weighted by atomic mass is 32.2. The predicted molar refractivity (Wildman–Crippen MR) is 118 cm³/mol. The number of amides is 3. The molecule has 3 atom stereocenters. The van der Waals surface area contributed by atoms with Crippen molar-refractivity contribution in [2.24, 2.45) is 5.92 Å². The first-order chi connectivity index (χ1) is 13.3. The van der Waals surface area contributed by atoms with E-state index in [9.17, 15) is 19.2 Å². The summed E-state index contributed by atoms with van der Waals surface area (Å²) in [6.07, 6.45) is 6.21. The Morgan fingerprint density at radius 3 is 1.86 bits per heavy atom. The van der Waals surface area contributed by atoms with Crippen molar-refractivity contribution in [1.29, 1.82) is 0 Å². The molecule has 3 unspecified atom stereocenters. The molecule has 0 aromatic rings. The Bertz CT molecular complexity index is 504. The lowest BCUT2D eigenvalue weighted by Gasteiger charge is -2.25. The number of carbonyl (C=O) groups is 4. The van der Waals surface area contributed by atoms with Crippen LogP contribution in [0, 0.1) is 5.92 Å². The van der Waals surface area contributed by atoms with E-state index in [1.54, 1.807) is 30.4 Å². The number of hydrogen-bond acceptors (Lipinski definition) is 6. The van der Waals surface area contributed by atoms with Crippen molar-refractivity contribution in [3.05, 3.63) is 0 Å². The van der Waals surface area contributed by atoms with Crippen molar-refractivity contribution >= 4 is 47.5 Å². The van der Waals surface area contributed by atoms with E-state index < -0.39 is 18.1 Å². The molecule has 0 fully saturated rings. The molecule has 0 aliphatic heterocycles. The van der Waals surface area contributed by atoms with Crippen LogP contribution in [0.15, 0.2) is 0 Å². The van der Waals surface area contributed by atoms with Crippen LogP contribution in [-0.4, -0.2) is 66.2 Å². The van der Waals surface area contributed by atoms with Crippen molar-refractivity contribution in [3.8, 4) is 0 Å². The SMILES string of the molecule is CCC(=O)C(CCSC)NC(=O)C(CC(C)C)NC(=O)C(CCSC)NC=O. The summed E-state index contributed by atoms with van der Waals surface area (Å²) in [4.78, 5) is 48.4. The molecule has 0 saturated carbocycles. The Hall–Kier alpha value is -1.22. The maximum absolute atomic E-state index is 12.8. The fraction of sp³-hybridized carbons (Fsp3) is 0.789. The van der Waals surface area contributed by atoms with E-state index in [4.69, 9.17) is 0 Å². The van der Waals surface area contributed by atoms with Crippen molar-refractivity contribution in [1.82, 2.24) is 16.0 Å². The first kappa shape index (κ1) is 26.8.